The van der Waals surface area contributed by atoms with Crippen LogP contribution in [0.3, 0.4) is 0 Å². The molecule has 0 aliphatic heterocycles. The number of carbonyl (C=O) groups excluding carboxylic acids is 1. The minimum absolute atomic E-state index is 0.0254. The topological polar surface area (TPSA) is 84.5 Å². The Morgan fingerprint density at radius 2 is 1.87 bits per heavy atom. The second kappa shape index (κ2) is 7.31. The van der Waals surface area contributed by atoms with Crippen molar-refractivity contribution in [3.8, 4) is 5.75 Å². The molecule has 0 bridgehead atoms. The van der Waals surface area contributed by atoms with Crippen molar-refractivity contribution in [2.75, 3.05) is 12.4 Å². The highest BCUT2D eigenvalue weighted by Crippen LogP contribution is 2.29. The minimum Gasteiger partial charge on any atom is -0.495 e. The van der Waals surface area contributed by atoms with Gasteiger partial charge in [0, 0.05) is 13.0 Å². The van der Waals surface area contributed by atoms with E-state index in [1.165, 1.54) is 26.2 Å². The van der Waals surface area contributed by atoms with Crippen molar-refractivity contribution in [2.45, 2.75) is 50.5 Å². The fraction of sp³-hybridized carbons (Fsp3) is 0.562. The van der Waals surface area contributed by atoms with E-state index in [9.17, 15) is 13.2 Å². The predicted octanol–water partition coefficient (Wildman–Crippen LogP) is 2.51. The number of carbonyl (C=O) groups is 1. The van der Waals surface area contributed by atoms with Gasteiger partial charge in [0.05, 0.1) is 17.7 Å². The van der Waals surface area contributed by atoms with Crippen molar-refractivity contribution in [1.29, 1.82) is 0 Å². The molecule has 1 saturated carbocycles. The van der Waals surface area contributed by atoms with Gasteiger partial charge < -0.3 is 10.1 Å². The first-order valence-electron chi connectivity index (χ1n) is 7.80. The molecular formula is C16H24N2O4S. The van der Waals surface area contributed by atoms with Gasteiger partial charge in [-0.15, -0.1) is 0 Å². The third-order valence-electron chi connectivity index (χ3n) is 4.13. The molecule has 0 aromatic heterocycles. The van der Waals surface area contributed by atoms with Crippen LogP contribution in [0, 0.1) is 5.92 Å². The molecule has 6 nitrogen and oxygen atoms in total. The lowest BCUT2D eigenvalue weighted by Crippen LogP contribution is -2.37. The molecule has 2 rings (SSSR count). The molecule has 7 heteroatoms. The Morgan fingerprint density at radius 3 is 2.43 bits per heavy atom. The molecule has 1 aromatic rings. The number of hydrogen-bond donors (Lipinski definition) is 2. The summed E-state index contributed by atoms with van der Waals surface area (Å²) < 4.78 is 33.0. The van der Waals surface area contributed by atoms with E-state index in [1.54, 1.807) is 6.07 Å². The molecular weight excluding hydrogens is 316 g/mol. The number of sulfonamides is 1. The number of hydrogen-bond acceptors (Lipinski definition) is 4. The van der Waals surface area contributed by atoms with Gasteiger partial charge in [-0.3, -0.25) is 4.79 Å². The molecule has 128 valence electrons. The highest BCUT2D eigenvalue weighted by atomic mass is 32.2. The van der Waals surface area contributed by atoms with Crippen LogP contribution in [0.15, 0.2) is 23.1 Å². The Bertz CT molecular complexity index is 665. The maximum absolute atomic E-state index is 12.6. The Kier molecular flexibility index (Phi) is 5.64. The zero-order valence-electron chi connectivity index (χ0n) is 13.8. The summed E-state index contributed by atoms with van der Waals surface area (Å²) in [6.07, 6.45) is 3.78. The van der Waals surface area contributed by atoms with Gasteiger partial charge in [0.15, 0.2) is 0 Å². The smallest absolute Gasteiger partial charge is 0.240 e. The molecule has 1 aliphatic carbocycles. The molecule has 0 saturated heterocycles. The highest BCUT2D eigenvalue weighted by molar-refractivity contribution is 7.89. The first kappa shape index (κ1) is 17.7. The van der Waals surface area contributed by atoms with Gasteiger partial charge in [-0.1, -0.05) is 6.92 Å². The van der Waals surface area contributed by atoms with Crippen molar-refractivity contribution in [3.63, 3.8) is 0 Å². The van der Waals surface area contributed by atoms with Crippen LogP contribution in [0.4, 0.5) is 5.69 Å². The van der Waals surface area contributed by atoms with E-state index in [1.807, 2.05) is 0 Å². The first-order valence-corrected chi connectivity index (χ1v) is 9.28. The average Bonchev–Trinajstić information content (AvgIpc) is 2.49. The molecule has 0 spiro atoms. The van der Waals surface area contributed by atoms with Crippen LogP contribution < -0.4 is 14.8 Å². The van der Waals surface area contributed by atoms with Crippen molar-refractivity contribution in [3.05, 3.63) is 18.2 Å². The van der Waals surface area contributed by atoms with Crippen molar-refractivity contribution in [1.82, 2.24) is 4.72 Å². The second-order valence-corrected chi connectivity index (χ2v) is 7.84. The maximum atomic E-state index is 12.6. The number of methoxy groups -OCH3 is 1. The molecule has 1 fully saturated rings. The summed E-state index contributed by atoms with van der Waals surface area (Å²) in [7, 11) is -2.15. The van der Waals surface area contributed by atoms with Gasteiger partial charge in [-0.2, -0.15) is 0 Å². The normalized spacial score (nSPS) is 21.7. The SMILES string of the molecule is COc1ccc(S(=O)(=O)NC2CCC(C)CC2)cc1NC(C)=O. The van der Waals surface area contributed by atoms with E-state index in [2.05, 4.69) is 17.0 Å². The van der Waals surface area contributed by atoms with Crippen LogP contribution in [-0.2, 0) is 14.8 Å². The van der Waals surface area contributed by atoms with Crippen LogP contribution in [0.5, 0.6) is 5.75 Å². The largest absolute Gasteiger partial charge is 0.495 e. The van der Waals surface area contributed by atoms with Crippen LogP contribution in [-0.4, -0.2) is 27.5 Å². The van der Waals surface area contributed by atoms with E-state index < -0.39 is 10.0 Å². The number of rotatable bonds is 5. The lowest BCUT2D eigenvalue weighted by molar-refractivity contribution is -0.114. The number of amides is 1. The zero-order valence-corrected chi connectivity index (χ0v) is 14.6. The summed E-state index contributed by atoms with van der Waals surface area (Å²) in [5.41, 5.74) is 0.347. The van der Waals surface area contributed by atoms with Gasteiger partial charge in [-0.25, -0.2) is 13.1 Å². The summed E-state index contributed by atoms with van der Waals surface area (Å²) in [4.78, 5) is 11.4. The molecule has 23 heavy (non-hydrogen) atoms. The average molecular weight is 340 g/mol. The molecule has 2 N–H and O–H groups in total. The van der Waals surface area contributed by atoms with E-state index in [0.717, 1.165) is 25.7 Å². The number of nitrogens with one attached hydrogen (secondary N) is 2. The Balaban J connectivity index is 2.20. The summed E-state index contributed by atoms with van der Waals surface area (Å²) in [6.45, 7) is 3.55. The number of benzene rings is 1. The van der Waals surface area contributed by atoms with E-state index in [0.29, 0.717) is 17.4 Å². The van der Waals surface area contributed by atoms with Gasteiger partial charge in [0.25, 0.3) is 0 Å². The Hall–Kier alpha value is -1.60. The molecule has 1 aromatic carbocycles. The zero-order chi connectivity index (χ0) is 17.0. The van der Waals surface area contributed by atoms with Crippen molar-refractivity contribution >= 4 is 21.6 Å². The van der Waals surface area contributed by atoms with Crippen molar-refractivity contribution < 1.29 is 17.9 Å². The van der Waals surface area contributed by atoms with Gasteiger partial charge in [0.2, 0.25) is 15.9 Å². The van der Waals surface area contributed by atoms with Gasteiger partial charge in [0.1, 0.15) is 5.75 Å². The second-order valence-electron chi connectivity index (χ2n) is 6.12. The van der Waals surface area contributed by atoms with Crippen LogP contribution >= 0.6 is 0 Å². The van der Waals surface area contributed by atoms with Gasteiger partial charge in [-0.05, 0) is 49.8 Å². The fourth-order valence-corrected chi connectivity index (χ4v) is 4.14. The molecule has 1 amide bonds. The minimum atomic E-state index is -3.62. The molecule has 0 radical (unpaired) electrons. The number of anilines is 1. The Labute approximate surface area is 137 Å². The lowest BCUT2D eigenvalue weighted by Gasteiger charge is -2.26. The Morgan fingerprint density at radius 1 is 1.22 bits per heavy atom. The van der Waals surface area contributed by atoms with Crippen LogP contribution in [0.25, 0.3) is 0 Å². The third-order valence-corrected chi connectivity index (χ3v) is 5.65. The van der Waals surface area contributed by atoms with Crippen LogP contribution in [0.1, 0.15) is 39.5 Å². The number of ether oxygens (including phenoxy) is 1. The van der Waals surface area contributed by atoms with Crippen LogP contribution in [0.2, 0.25) is 0 Å². The maximum Gasteiger partial charge on any atom is 0.240 e. The molecule has 1 aliphatic rings. The predicted molar refractivity (Wildman–Crippen MR) is 89.0 cm³/mol. The summed E-state index contributed by atoms with van der Waals surface area (Å²) in [6, 6.07) is 4.43. The molecule has 0 unspecified atom stereocenters. The fourth-order valence-electron chi connectivity index (χ4n) is 2.81. The monoisotopic (exact) mass is 340 g/mol. The standard InChI is InChI=1S/C16H24N2O4S/c1-11-4-6-13(7-5-11)18-23(20,21)14-8-9-16(22-3)15(10-14)17-12(2)19/h8-11,13,18H,4-7H2,1-3H3,(H,17,19). The highest BCUT2D eigenvalue weighted by Gasteiger charge is 2.24. The quantitative estimate of drug-likeness (QED) is 0.862. The van der Waals surface area contributed by atoms with E-state index in [-0.39, 0.29) is 16.8 Å². The summed E-state index contributed by atoms with van der Waals surface area (Å²) in [5, 5.41) is 2.59. The first-order chi connectivity index (χ1) is 10.8. The van der Waals surface area contributed by atoms with Gasteiger partial charge >= 0.3 is 0 Å². The van der Waals surface area contributed by atoms with E-state index >= 15 is 0 Å². The summed E-state index contributed by atoms with van der Waals surface area (Å²) in [5.74, 6) is 0.792. The molecule has 0 atom stereocenters. The summed E-state index contributed by atoms with van der Waals surface area (Å²) >= 11 is 0. The third kappa shape index (κ3) is 4.68. The molecule has 0 heterocycles. The van der Waals surface area contributed by atoms with E-state index in [4.69, 9.17) is 4.74 Å². The lowest BCUT2D eigenvalue weighted by atomic mass is 9.88. The van der Waals surface area contributed by atoms with Crippen molar-refractivity contribution in [2.24, 2.45) is 5.92 Å².